The van der Waals surface area contributed by atoms with Crippen LogP contribution in [0.5, 0.6) is 0 Å². The van der Waals surface area contributed by atoms with E-state index in [1.165, 1.54) is 4.90 Å². The number of hydrogen-bond acceptors (Lipinski definition) is 6. The first kappa shape index (κ1) is 12.7. The number of hydrogen-bond donors (Lipinski definition) is 2. The molecule has 98 valence electrons. The highest BCUT2D eigenvalue weighted by Gasteiger charge is 2.52. The van der Waals surface area contributed by atoms with Gasteiger partial charge >= 0.3 is 5.97 Å². The summed E-state index contributed by atoms with van der Waals surface area (Å²) in [5.74, 6) is 1.45. The van der Waals surface area contributed by atoms with Crippen molar-refractivity contribution in [2.45, 2.75) is 16.0 Å². The van der Waals surface area contributed by atoms with E-state index < -0.39 is 12.0 Å². The minimum atomic E-state index is -1.01. The predicted octanol–water partition coefficient (Wildman–Crippen LogP) is 0.374. The summed E-state index contributed by atoms with van der Waals surface area (Å²) in [6, 6.07) is -0.546. The summed E-state index contributed by atoms with van der Waals surface area (Å²) in [5, 5.41) is 9.18. The van der Waals surface area contributed by atoms with Gasteiger partial charge in [0.2, 0.25) is 5.91 Å². The normalized spacial score (nSPS) is 32.5. The lowest BCUT2D eigenvalue weighted by molar-refractivity contribution is -0.147. The van der Waals surface area contributed by atoms with E-state index in [-0.39, 0.29) is 21.6 Å². The molecule has 3 aliphatic heterocycles. The maximum Gasteiger partial charge on any atom is 0.352 e. The van der Waals surface area contributed by atoms with Gasteiger partial charge in [-0.3, -0.25) is 9.69 Å². The predicted molar refractivity (Wildman–Crippen MR) is 74.4 cm³/mol. The second kappa shape index (κ2) is 4.66. The van der Waals surface area contributed by atoms with E-state index in [4.69, 9.17) is 5.73 Å². The molecule has 2 atom stereocenters. The molecule has 3 aliphatic rings. The molecule has 2 fully saturated rings. The lowest BCUT2D eigenvalue weighted by atomic mass is 10.0. The minimum Gasteiger partial charge on any atom is -0.477 e. The number of carbonyl (C=O) groups is 2. The molecule has 18 heavy (non-hydrogen) atoms. The lowest BCUT2D eigenvalue weighted by Gasteiger charge is -2.48. The molecule has 2 saturated heterocycles. The average molecular weight is 304 g/mol. The molecule has 0 aliphatic carbocycles. The molecule has 8 heteroatoms. The zero-order valence-corrected chi connectivity index (χ0v) is 11.8. The van der Waals surface area contributed by atoms with Gasteiger partial charge in [0, 0.05) is 17.3 Å². The van der Waals surface area contributed by atoms with Gasteiger partial charge in [-0.05, 0) is 5.57 Å². The smallest absolute Gasteiger partial charge is 0.352 e. The molecule has 0 spiro atoms. The molecule has 1 unspecified atom stereocenters. The first-order valence-electron chi connectivity index (χ1n) is 5.51. The van der Waals surface area contributed by atoms with Gasteiger partial charge in [0.15, 0.2) is 0 Å². The SMILES string of the molecule is NC1C(=O)N2C(C(=O)O)=C(C3SCCS3)CS[C@H]12. The largest absolute Gasteiger partial charge is 0.477 e. The van der Waals surface area contributed by atoms with Crippen molar-refractivity contribution in [1.29, 1.82) is 0 Å². The van der Waals surface area contributed by atoms with Crippen LogP contribution in [0.3, 0.4) is 0 Å². The Balaban J connectivity index is 1.97. The maximum atomic E-state index is 11.7. The van der Waals surface area contributed by atoms with Crippen molar-refractivity contribution in [3.63, 3.8) is 0 Å². The number of nitrogens with zero attached hydrogens (tertiary/aromatic N) is 1. The Kier molecular flexibility index (Phi) is 3.29. The fourth-order valence-electron chi connectivity index (χ4n) is 2.28. The number of rotatable bonds is 2. The molecule has 0 saturated carbocycles. The molecule has 1 amide bonds. The summed E-state index contributed by atoms with van der Waals surface area (Å²) in [4.78, 5) is 24.6. The number of carbonyl (C=O) groups excluding carboxylic acids is 1. The fourth-order valence-corrected chi connectivity index (χ4v) is 6.78. The number of aliphatic carboxylic acids is 1. The van der Waals surface area contributed by atoms with Crippen LogP contribution in [0.25, 0.3) is 0 Å². The maximum absolute atomic E-state index is 11.7. The zero-order chi connectivity index (χ0) is 12.9. The highest BCUT2D eigenvalue weighted by Crippen LogP contribution is 2.46. The third-order valence-electron chi connectivity index (χ3n) is 3.15. The second-order valence-electron chi connectivity index (χ2n) is 4.19. The second-order valence-corrected chi connectivity index (χ2v) is 8.02. The van der Waals surface area contributed by atoms with E-state index in [1.54, 1.807) is 35.3 Å². The molecule has 3 heterocycles. The Hall–Kier alpha value is -0.310. The highest BCUT2D eigenvalue weighted by atomic mass is 32.2. The van der Waals surface area contributed by atoms with Gasteiger partial charge in [0.05, 0.1) is 4.58 Å². The van der Waals surface area contributed by atoms with Gasteiger partial charge in [-0.25, -0.2) is 4.79 Å². The van der Waals surface area contributed by atoms with Crippen LogP contribution in [0, 0.1) is 0 Å². The van der Waals surface area contributed by atoms with Crippen molar-refractivity contribution in [3.8, 4) is 0 Å². The van der Waals surface area contributed by atoms with Gasteiger partial charge < -0.3 is 10.8 Å². The third-order valence-corrected chi connectivity index (χ3v) is 7.60. The monoisotopic (exact) mass is 304 g/mol. The van der Waals surface area contributed by atoms with E-state index in [1.807, 2.05) is 0 Å². The van der Waals surface area contributed by atoms with E-state index >= 15 is 0 Å². The summed E-state index contributed by atoms with van der Waals surface area (Å²) in [7, 11) is 0. The van der Waals surface area contributed by atoms with Crippen LogP contribution in [-0.4, -0.2) is 55.1 Å². The number of carboxylic acids is 1. The van der Waals surface area contributed by atoms with Crippen LogP contribution < -0.4 is 5.73 Å². The first-order chi connectivity index (χ1) is 8.61. The van der Waals surface area contributed by atoms with Crippen LogP contribution >= 0.6 is 35.3 Å². The number of thioether (sulfide) groups is 3. The molecule has 0 aromatic heterocycles. The quantitative estimate of drug-likeness (QED) is 0.713. The van der Waals surface area contributed by atoms with Crippen LogP contribution in [-0.2, 0) is 9.59 Å². The fraction of sp³-hybridized carbons (Fsp3) is 0.600. The van der Waals surface area contributed by atoms with Gasteiger partial charge in [0.1, 0.15) is 17.1 Å². The molecular weight excluding hydrogens is 292 g/mol. The van der Waals surface area contributed by atoms with Crippen molar-refractivity contribution in [2.75, 3.05) is 17.3 Å². The van der Waals surface area contributed by atoms with E-state index in [9.17, 15) is 14.7 Å². The summed E-state index contributed by atoms with van der Waals surface area (Å²) in [6.07, 6.45) is 0. The molecule has 3 rings (SSSR count). The standard InChI is InChI=1S/C10H12N2O3S3/c11-5-7(13)12-6(9(14)15)4(3-18-8(5)12)10-16-1-2-17-10/h5,8,10H,1-3,11H2,(H,14,15)/t5?,8-/m1/s1. The van der Waals surface area contributed by atoms with Gasteiger partial charge in [-0.2, -0.15) is 0 Å². The Morgan fingerprint density at radius 3 is 2.61 bits per heavy atom. The van der Waals surface area contributed by atoms with Crippen molar-refractivity contribution >= 4 is 47.2 Å². The Morgan fingerprint density at radius 2 is 2.00 bits per heavy atom. The van der Waals surface area contributed by atoms with Crippen LogP contribution in [0.2, 0.25) is 0 Å². The molecule has 3 N–H and O–H groups in total. The molecular formula is C10H12N2O3S3. The van der Waals surface area contributed by atoms with Crippen molar-refractivity contribution < 1.29 is 14.7 Å². The summed E-state index contributed by atoms with van der Waals surface area (Å²) in [6.45, 7) is 0. The first-order valence-corrected chi connectivity index (χ1v) is 8.65. The van der Waals surface area contributed by atoms with Crippen LogP contribution in [0.15, 0.2) is 11.3 Å². The van der Waals surface area contributed by atoms with Gasteiger partial charge in [-0.15, -0.1) is 35.3 Å². The van der Waals surface area contributed by atoms with Gasteiger partial charge in [-0.1, -0.05) is 0 Å². The summed E-state index contributed by atoms with van der Waals surface area (Å²) >= 11 is 5.09. The van der Waals surface area contributed by atoms with E-state index in [0.717, 1.165) is 17.1 Å². The summed E-state index contributed by atoms with van der Waals surface area (Å²) in [5.41, 5.74) is 6.75. The number of carboxylic acid groups (broad SMARTS) is 1. The molecule has 0 bridgehead atoms. The zero-order valence-electron chi connectivity index (χ0n) is 9.37. The Bertz CT molecular complexity index is 448. The topological polar surface area (TPSA) is 83.6 Å². The van der Waals surface area contributed by atoms with Crippen LogP contribution in [0.1, 0.15) is 0 Å². The molecule has 5 nitrogen and oxygen atoms in total. The number of fused-ring (bicyclic) bond motifs is 1. The summed E-state index contributed by atoms with van der Waals surface area (Å²) < 4.78 is 0.175. The number of amides is 1. The van der Waals surface area contributed by atoms with Gasteiger partial charge in [0.25, 0.3) is 0 Å². The van der Waals surface area contributed by atoms with Crippen LogP contribution in [0.4, 0.5) is 0 Å². The minimum absolute atomic E-state index is 0.175. The highest BCUT2D eigenvalue weighted by molar-refractivity contribution is 8.20. The van der Waals surface area contributed by atoms with Crippen molar-refractivity contribution in [3.05, 3.63) is 11.3 Å². The molecule has 0 radical (unpaired) electrons. The number of nitrogens with two attached hydrogens (primary N) is 1. The molecule has 0 aromatic rings. The van der Waals surface area contributed by atoms with Crippen molar-refractivity contribution in [2.24, 2.45) is 5.73 Å². The molecule has 0 aromatic carbocycles. The van der Waals surface area contributed by atoms with E-state index in [0.29, 0.717) is 5.75 Å². The Labute approximate surface area is 117 Å². The lowest BCUT2D eigenvalue weighted by Crippen LogP contribution is -2.68. The average Bonchev–Trinajstić information content (AvgIpc) is 2.89. The van der Waals surface area contributed by atoms with E-state index in [2.05, 4.69) is 0 Å². The van der Waals surface area contributed by atoms with Crippen molar-refractivity contribution in [1.82, 2.24) is 4.90 Å². The third kappa shape index (κ3) is 1.77. The Morgan fingerprint density at radius 1 is 1.33 bits per heavy atom. The number of β-lactam (4-membered cyclic amide) rings is 1.